The molecule has 0 spiro atoms. The SMILES string of the molecule is CC1CCCN(Cc2csc(NC(=O)C3CCCO3)n2)C1. The lowest BCUT2D eigenvalue weighted by molar-refractivity contribution is -0.124. The number of piperidine rings is 1. The number of amides is 1. The monoisotopic (exact) mass is 309 g/mol. The van der Waals surface area contributed by atoms with Gasteiger partial charge in [0.15, 0.2) is 5.13 Å². The molecule has 21 heavy (non-hydrogen) atoms. The zero-order chi connectivity index (χ0) is 14.7. The Bertz CT molecular complexity index is 485. The van der Waals surface area contributed by atoms with E-state index in [0.29, 0.717) is 11.7 Å². The first-order chi connectivity index (χ1) is 10.2. The van der Waals surface area contributed by atoms with E-state index in [4.69, 9.17) is 4.74 Å². The smallest absolute Gasteiger partial charge is 0.255 e. The Kier molecular flexibility index (Phi) is 4.87. The molecule has 2 fully saturated rings. The van der Waals surface area contributed by atoms with E-state index < -0.39 is 0 Å². The van der Waals surface area contributed by atoms with Crippen molar-refractivity contribution >= 4 is 22.4 Å². The number of aromatic nitrogens is 1. The van der Waals surface area contributed by atoms with Crippen molar-refractivity contribution in [1.29, 1.82) is 0 Å². The average molecular weight is 309 g/mol. The van der Waals surface area contributed by atoms with E-state index in [1.165, 1.54) is 24.2 Å². The van der Waals surface area contributed by atoms with Gasteiger partial charge in [-0.05, 0) is 38.1 Å². The molecule has 0 radical (unpaired) electrons. The number of carbonyl (C=O) groups is 1. The number of ether oxygens (including phenoxy) is 1. The maximum atomic E-state index is 12.0. The second kappa shape index (κ2) is 6.85. The number of hydrogen-bond acceptors (Lipinski definition) is 5. The Hall–Kier alpha value is -0.980. The highest BCUT2D eigenvalue weighted by Crippen LogP contribution is 2.22. The number of rotatable bonds is 4. The van der Waals surface area contributed by atoms with Gasteiger partial charge in [0.1, 0.15) is 6.10 Å². The standard InChI is InChI=1S/C15H23N3O2S/c1-11-4-2-6-18(8-11)9-12-10-21-15(16-12)17-14(19)13-5-3-7-20-13/h10-11,13H,2-9H2,1H3,(H,16,17,19). The Balaban J connectivity index is 1.52. The highest BCUT2D eigenvalue weighted by molar-refractivity contribution is 7.13. The molecule has 3 rings (SSSR count). The van der Waals surface area contributed by atoms with Crippen molar-refractivity contribution in [3.05, 3.63) is 11.1 Å². The normalized spacial score (nSPS) is 26.9. The molecule has 2 atom stereocenters. The maximum absolute atomic E-state index is 12.0. The van der Waals surface area contributed by atoms with Crippen molar-refractivity contribution in [1.82, 2.24) is 9.88 Å². The lowest BCUT2D eigenvalue weighted by Crippen LogP contribution is -2.33. The molecule has 3 heterocycles. The topological polar surface area (TPSA) is 54.5 Å². The predicted octanol–water partition coefficient (Wildman–Crippen LogP) is 2.49. The van der Waals surface area contributed by atoms with Crippen LogP contribution < -0.4 is 5.32 Å². The first-order valence-corrected chi connectivity index (χ1v) is 8.68. The number of thiazole rings is 1. The minimum Gasteiger partial charge on any atom is -0.368 e. The quantitative estimate of drug-likeness (QED) is 0.928. The Labute approximate surface area is 129 Å². The fraction of sp³-hybridized carbons (Fsp3) is 0.733. The Morgan fingerprint density at radius 2 is 2.43 bits per heavy atom. The van der Waals surface area contributed by atoms with Crippen molar-refractivity contribution in [3.63, 3.8) is 0 Å². The molecule has 2 saturated heterocycles. The Morgan fingerprint density at radius 1 is 1.52 bits per heavy atom. The van der Waals surface area contributed by atoms with Gasteiger partial charge in [-0.3, -0.25) is 15.0 Å². The molecule has 2 aliphatic rings. The van der Waals surface area contributed by atoms with Gasteiger partial charge in [0.25, 0.3) is 5.91 Å². The molecule has 116 valence electrons. The summed E-state index contributed by atoms with van der Waals surface area (Å²) in [6.07, 6.45) is 4.09. The van der Waals surface area contributed by atoms with Crippen LogP contribution in [0.25, 0.3) is 0 Å². The maximum Gasteiger partial charge on any atom is 0.255 e. The van der Waals surface area contributed by atoms with Crippen LogP contribution in [0.3, 0.4) is 0 Å². The van der Waals surface area contributed by atoms with Crippen molar-refractivity contribution in [2.75, 3.05) is 25.0 Å². The molecule has 0 aromatic carbocycles. The summed E-state index contributed by atoms with van der Waals surface area (Å²) in [7, 11) is 0. The zero-order valence-electron chi connectivity index (χ0n) is 12.5. The highest BCUT2D eigenvalue weighted by Gasteiger charge is 2.24. The first kappa shape index (κ1) is 14.9. The van der Waals surface area contributed by atoms with Gasteiger partial charge in [0, 0.05) is 25.1 Å². The molecular weight excluding hydrogens is 286 g/mol. The summed E-state index contributed by atoms with van der Waals surface area (Å²) in [6, 6.07) is 0. The molecule has 0 bridgehead atoms. The Morgan fingerprint density at radius 3 is 3.19 bits per heavy atom. The number of nitrogens with zero attached hydrogens (tertiary/aromatic N) is 2. The van der Waals surface area contributed by atoms with Crippen LogP contribution in [-0.2, 0) is 16.1 Å². The third kappa shape index (κ3) is 4.02. The number of anilines is 1. The van der Waals surface area contributed by atoms with Gasteiger partial charge in [-0.25, -0.2) is 4.98 Å². The van der Waals surface area contributed by atoms with Crippen LogP contribution in [0.15, 0.2) is 5.38 Å². The van der Waals surface area contributed by atoms with Crippen molar-refractivity contribution < 1.29 is 9.53 Å². The summed E-state index contributed by atoms with van der Waals surface area (Å²) in [5.74, 6) is 0.719. The molecule has 1 aromatic heterocycles. The van der Waals surface area contributed by atoms with Crippen molar-refractivity contribution in [3.8, 4) is 0 Å². The number of hydrogen-bond donors (Lipinski definition) is 1. The average Bonchev–Trinajstić information content (AvgIpc) is 3.10. The highest BCUT2D eigenvalue weighted by atomic mass is 32.1. The van der Waals surface area contributed by atoms with Gasteiger partial charge >= 0.3 is 0 Å². The molecule has 2 aliphatic heterocycles. The van der Waals surface area contributed by atoms with Crippen molar-refractivity contribution in [2.45, 2.75) is 45.3 Å². The van der Waals surface area contributed by atoms with E-state index in [9.17, 15) is 4.79 Å². The van der Waals surface area contributed by atoms with E-state index in [1.54, 1.807) is 0 Å². The number of nitrogens with one attached hydrogen (secondary N) is 1. The van der Waals surface area contributed by atoms with E-state index in [2.05, 4.69) is 22.1 Å². The predicted molar refractivity (Wildman–Crippen MR) is 83.4 cm³/mol. The molecule has 2 unspecified atom stereocenters. The molecule has 1 aromatic rings. The molecule has 1 N–H and O–H groups in total. The fourth-order valence-electron chi connectivity index (χ4n) is 3.07. The molecule has 0 saturated carbocycles. The van der Waals surface area contributed by atoms with Crippen LogP contribution in [0.1, 0.15) is 38.3 Å². The molecular formula is C15H23N3O2S. The van der Waals surface area contributed by atoms with Crippen LogP contribution >= 0.6 is 11.3 Å². The van der Waals surface area contributed by atoms with E-state index in [0.717, 1.165) is 44.1 Å². The van der Waals surface area contributed by atoms with Crippen LogP contribution in [0, 0.1) is 5.92 Å². The lowest BCUT2D eigenvalue weighted by Gasteiger charge is -2.30. The van der Waals surface area contributed by atoms with Gasteiger partial charge in [0.2, 0.25) is 0 Å². The summed E-state index contributed by atoms with van der Waals surface area (Å²) in [5.41, 5.74) is 1.05. The number of carbonyl (C=O) groups excluding carboxylic acids is 1. The molecule has 5 nitrogen and oxygen atoms in total. The third-order valence-electron chi connectivity index (χ3n) is 4.13. The molecule has 6 heteroatoms. The van der Waals surface area contributed by atoms with Gasteiger partial charge in [-0.2, -0.15) is 0 Å². The summed E-state index contributed by atoms with van der Waals surface area (Å²) in [5, 5.41) is 5.61. The van der Waals surface area contributed by atoms with E-state index >= 15 is 0 Å². The molecule has 1 amide bonds. The van der Waals surface area contributed by atoms with Gasteiger partial charge in [-0.1, -0.05) is 6.92 Å². The fourth-order valence-corrected chi connectivity index (χ4v) is 3.77. The van der Waals surface area contributed by atoms with Gasteiger partial charge < -0.3 is 4.74 Å². The van der Waals surface area contributed by atoms with Crippen LogP contribution in [0.4, 0.5) is 5.13 Å². The lowest BCUT2D eigenvalue weighted by atomic mass is 10.0. The minimum atomic E-state index is -0.291. The van der Waals surface area contributed by atoms with E-state index in [1.807, 2.05) is 5.38 Å². The number of likely N-dealkylation sites (tertiary alicyclic amines) is 1. The summed E-state index contributed by atoms with van der Waals surface area (Å²) in [6.45, 7) is 6.18. The third-order valence-corrected chi connectivity index (χ3v) is 4.94. The van der Waals surface area contributed by atoms with Crippen LogP contribution in [0.5, 0.6) is 0 Å². The van der Waals surface area contributed by atoms with Gasteiger partial charge in [0.05, 0.1) is 5.69 Å². The summed E-state index contributed by atoms with van der Waals surface area (Å²) >= 11 is 1.50. The zero-order valence-corrected chi connectivity index (χ0v) is 13.3. The van der Waals surface area contributed by atoms with Crippen molar-refractivity contribution in [2.24, 2.45) is 5.92 Å². The largest absolute Gasteiger partial charge is 0.368 e. The minimum absolute atomic E-state index is 0.0556. The van der Waals surface area contributed by atoms with Crippen LogP contribution in [0.2, 0.25) is 0 Å². The molecule has 0 aliphatic carbocycles. The summed E-state index contributed by atoms with van der Waals surface area (Å²) < 4.78 is 5.38. The second-order valence-corrected chi connectivity index (χ2v) is 6.98. The second-order valence-electron chi connectivity index (χ2n) is 6.12. The summed E-state index contributed by atoms with van der Waals surface area (Å²) in [4.78, 5) is 19.0. The van der Waals surface area contributed by atoms with E-state index in [-0.39, 0.29) is 12.0 Å². The van der Waals surface area contributed by atoms with Crippen LogP contribution in [-0.4, -0.2) is 41.6 Å². The first-order valence-electron chi connectivity index (χ1n) is 7.80. The van der Waals surface area contributed by atoms with Gasteiger partial charge in [-0.15, -0.1) is 11.3 Å².